The van der Waals surface area contributed by atoms with Crippen LogP contribution in [-0.4, -0.2) is 79.1 Å². The molecular weight excluding hydrogens is 276 g/mol. The van der Waals surface area contributed by atoms with Gasteiger partial charge in [-0.05, 0) is 38.8 Å². The van der Waals surface area contributed by atoms with Gasteiger partial charge in [-0.1, -0.05) is 20.3 Å². The van der Waals surface area contributed by atoms with Crippen molar-refractivity contribution >= 4 is 6.03 Å². The summed E-state index contributed by atoms with van der Waals surface area (Å²) in [5.74, 6) is 0.699. The van der Waals surface area contributed by atoms with Crippen LogP contribution in [0.15, 0.2) is 0 Å². The van der Waals surface area contributed by atoms with Crippen LogP contribution in [0.3, 0.4) is 0 Å². The molecule has 1 unspecified atom stereocenters. The summed E-state index contributed by atoms with van der Waals surface area (Å²) in [5, 5.41) is 3.18. The molecule has 2 aliphatic rings. The third-order valence-corrected chi connectivity index (χ3v) is 4.63. The zero-order valence-electron chi connectivity index (χ0n) is 14.7. The molecule has 0 aromatic rings. The lowest BCUT2D eigenvalue weighted by atomic mass is 10.1. The van der Waals surface area contributed by atoms with Gasteiger partial charge < -0.3 is 15.1 Å². The Morgan fingerprint density at radius 3 is 2.05 bits per heavy atom. The minimum Gasteiger partial charge on any atom is -0.334 e. The third kappa shape index (κ3) is 5.76. The zero-order valence-corrected chi connectivity index (χ0v) is 14.7. The maximum atomic E-state index is 12.4. The molecule has 0 aromatic carbocycles. The molecule has 0 spiro atoms. The van der Waals surface area contributed by atoms with Crippen molar-refractivity contribution in [1.82, 2.24) is 20.0 Å². The van der Waals surface area contributed by atoms with Crippen LogP contribution >= 0.6 is 0 Å². The van der Waals surface area contributed by atoms with Crippen LogP contribution < -0.4 is 5.32 Å². The summed E-state index contributed by atoms with van der Waals surface area (Å²) in [6, 6.07) is 0.355. The molecule has 128 valence electrons. The highest BCUT2D eigenvalue weighted by molar-refractivity contribution is 5.74. The lowest BCUT2D eigenvalue weighted by Crippen LogP contribution is -2.54. The van der Waals surface area contributed by atoms with E-state index in [-0.39, 0.29) is 12.1 Å². The van der Waals surface area contributed by atoms with Gasteiger partial charge in [-0.3, -0.25) is 4.90 Å². The molecule has 2 amide bonds. The minimum absolute atomic E-state index is 0.119. The van der Waals surface area contributed by atoms with Crippen molar-refractivity contribution in [2.75, 3.05) is 52.4 Å². The number of piperazine rings is 1. The topological polar surface area (TPSA) is 38.8 Å². The average Bonchev–Trinajstić information content (AvgIpc) is 2.48. The molecule has 2 fully saturated rings. The number of hydrogen-bond donors (Lipinski definition) is 1. The summed E-state index contributed by atoms with van der Waals surface area (Å²) in [6.45, 7) is 14.9. The van der Waals surface area contributed by atoms with Crippen LogP contribution in [0, 0.1) is 5.92 Å². The number of carbonyl (C=O) groups is 1. The van der Waals surface area contributed by atoms with E-state index in [1.54, 1.807) is 0 Å². The second kappa shape index (κ2) is 8.73. The molecule has 0 saturated carbocycles. The summed E-state index contributed by atoms with van der Waals surface area (Å²) in [5.41, 5.74) is 0. The second-order valence-corrected chi connectivity index (χ2v) is 7.39. The minimum atomic E-state index is 0.119. The Balaban J connectivity index is 1.66. The van der Waals surface area contributed by atoms with Gasteiger partial charge in [-0.2, -0.15) is 0 Å². The molecule has 2 rings (SSSR count). The van der Waals surface area contributed by atoms with Crippen molar-refractivity contribution in [1.29, 1.82) is 0 Å². The Kier molecular flexibility index (Phi) is 6.96. The van der Waals surface area contributed by atoms with E-state index in [9.17, 15) is 4.79 Å². The Morgan fingerprint density at radius 1 is 0.864 bits per heavy atom. The van der Waals surface area contributed by atoms with E-state index in [0.717, 1.165) is 39.3 Å². The van der Waals surface area contributed by atoms with Crippen molar-refractivity contribution in [3.05, 3.63) is 0 Å². The Hall–Kier alpha value is -0.810. The van der Waals surface area contributed by atoms with E-state index < -0.39 is 0 Å². The van der Waals surface area contributed by atoms with Gasteiger partial charge in [-0.25, -0.2) is 4.79 Å². The molecular formula is C17H34N4O. The van der Waals surface area contributed by atoms with Crippen LogP contribution in [0.5, 0.6) is 0 Å². The highest BCUT2D eigenvalue weighted by Gasteiger charge is 2.23. The van der Waals surface area contributed by atoms with Crippen molar-refractivity contribution in [2.24, 2.45) is 5.92 Å². The van der Waals surface area contributed by atoms with E-state index >= 15 is 0 Å². The number of amides is 2. The number of carbonyl (C=O) groups excluding carboxylic acids is 1. The van der Waals surface area contributed by atoms with Gasteiger partial charge in [0, 0.05) is 45.3 Å². The second-order valence-electron chi connectivity index (χ2n) is 7.39. The summed E-state index contributed by atoms with van der Waals surface area (Å²) < 4.78 is 0. The first-order valence-electron chi connectivity index (χ1n) is 9.04. The summed E-state index contributed by atoms with van der Waals surface area (Å²) in [6.07, 6.45) is 3.97. The smallest absolute Gasteiger partial charge is 0.317 e. The van der Waals surface area contributed by atoms with Gasteiger partial charge in [0.05, 0.1) is 0 Å². The molecule has 1 N–H and O–H groups in total. The molecule has 5 heteroatoms. The number of likely N-dealkylation sites (tertiary alicyclic amines) is 1. The monoisotopic (exact) mass is 310 g/mol. The van der Waals surface area contributed by atoms with Gasteiger partial charge in [0.25, 0.3) is 0 Å². The molecule has 0 aliphatic carbocycles. The van der Waals surface area contributed by atoms with Gasteiger partial charge in [0.1, 0.15) is 0 Å². The molecule has 0 radical (unpaired) electrons. The van der Waals surface area contributed by atoms with Gasteiger partial charge in [0.15, 0.2) is 0 Å². The molecule has 0 aromatic heterocycles. The van der Waals surface area contributed by atoms with Gasteiger partial charge >= 0.3 is 6.03 Å². The Labute approximate surface area is 136 Å². The van der Waals surface area contributed by atoms with E-state index in [2.05, 4.69) is 35.9 Å². The molecule has 22 heavy (non-hydrogen) atoms. The largest absolute Gasteiger partial charge is 0.334 e. The highest BCUT2D eigenvalue weighted by Crippen LogP contribution is 2.09. The van der Waals surface area contributed by atoms with Crippen molar-refractivity contribution in [2.45, 2.75) is 46.1 Å². The van der Waals surface area contributed by atoms with Gasteiger partial charge in [-0.15, -0.1) is 0 Å². The van der Waals surface area contributed by atoms with Gasteiger partial charge in [0.2, 0.25) is 0 Å². The fraction of sp³-hybridized carbons (Fsp3) is 0.941. The maximum Gasteiger partial charge on any atom is 0.317 e. The summed E-state index contributed by atoms with van der Waals surface area (Å²) >= 11 is 0. The SMILES string of the molecule is CC(C)CN1CCN(C(=O)NC(C)CN2CCCCC2)CC1. The molecule has 2 heterocycles. The van der Waals surface area contributed by atoms with Crippen molar-refractivity contribution in [3.8, 4) is 0 Å². The number of nitrogens with zero attached hydrogens (tertiary/aromatic N) is 3. The first-order valence-corrected chi connectivity index (χ1v) is 9.04. The molecule has 5 nitrogen and oxygen atoms in total. The molecule has 1 atom stereocenters. The quantitative estimate of drug-likeness (QED) is 0.842. The predicted molar refractivity (Wildman–Crippen MR) is 91.1 cm³/mol. The predicted octanol–water partition coefficient (Wildman–Crippen LogP) is 1.84. The third-order valence-electron chi connectivity index (χ3n) is 4.63. The summed E-state index contributed by atoms with van der Waals surface area (Å²) in [7, 11) is 0. The fourth-order valence-electron chi connectivity index (χ4n) is 3.53. The Bertz CT molecular complexity index is 334. The van der Waals surface area contributed by atoms with Crippen LogP contribution in [0.2, 0.25) is 0 Å². The van der Waals surface area contributed by atoms with Crippen molar-refractivity contribution < 1.29 is 4.79 Å². The van der Waals surface area contributed by atoms with Crippen LogP contribution in [-0.2, 0) is 0 Å². The van der Waals surface area contributed by atoms with E-state index in [1.165, 1.54) is 32.4 Å². The first-order chi connectivity index (χ1) is 10.5. The molecule has 2 aliphatic heterocycles. The van der Waals surface area contributed by atoms with E-state index in [0.29, 0.717) is 5.92 Å². The van der Waals surface area contributed by atoms with Crippen LogP contribution in [0.1, 0.15) is 40.0 Å². The summed E-state index contributed by atoms with van der Waals surface area (Å²) in [4.78, 5) is 19.3. The number of nitrogens with one attached hydrogen (secondary N) is 1. The lowest BCUT2D eigenvalue weighted by Gasteiger charge is -2.36. The lowest BCUT2D eigenvalue weighted by molar-refractivity contribution is 0.127. The number of rotatable bonds is 5. The number of piperidine rings is 1. The maximum absolute atomic E-state index is 12.4. The normalized spacial score (nSPS) is 22.8. The first kappa shape index (κ1) is 17.5. The standard InChI is InChI=1S/C17H34N4O/c1-15(2)13-20-9-11-21(12-10-20)17(22)18-16(3)14-19-7-5-4-6-8-19/h15-16H,4-14H2,1-3H3,(H,18,22). The highest BCUT2D eigenvalue weighted by atomic mass is 16.2. The number of urea groups is 1. The van der Waals surface area contributed by atoms with E-state index in [4.69, 9.17) is 0 Å². The average molecular weight is 310 g/mol. The molecule has 0 bridgehead atoms. The van der Waals surface area contributed by atoms with Crippen molar-refractivity contribution in [3.63, 3.8) is 0 Å². The molecule has 2 saturated heterocycles. The van der Waals surface area contributed by atoms with Crippen LogP contribution in [0.25, 0.3) is 0 Å². The Morgan fingerprint density at radius 2 is 1.45 bits per heavy atom. The zero-order chi connectivity index (χ0) is 15.9. The van der Waals surface area contributed by atoms with E-state index in [1.807, 2.05) is 4.90 Å². The van der Waals surface area contributed by atoms with Crippen LogP contribution in [0.4, 0.5) is 4.79 Å². The fourth-order valence-corrected chi connectivity index (χ4v) is 3.53. The number of hydrogen-bond acceptors (Lipinski definition) is 3.